The Morgan fingerprint density at radius 1 is 1.12 bits per heavy atom. The summed E-state index contributed by atoms with van der Waals surface area (Å²) in [5.74, 6) is 1.00. The minimum absolute atomic E-state index is 0.0735. The predicted octanol–water partition coefficient (Wildman–Crippen LogP) is 2.63. The maximum atomic E-state index is 13.0. The summed E-state index contributed by atoms with van der Waals surface area (Å²) < 4.78 is 0. The van der Waals surface area contributed by atoms with Crippen molar-refractivity contribution in [3.05, 3.63) is 36.2 Å². The number of hydrogen-bond acceptors (Lipinski definition) is 4. The third-order valence-electron chi connectivity index (χ3n) is 5.66. The third-order valence-corrected chi connectivity index (χ3v) is 5.66. The second-order valence-corrected chi connectivity index (χ2v) is 7.14. The van der Waals surface area contributed by atoms with E-state index in [-0.39, 0.29) is 24.0 Å². The maximum absolute atomic E-state index is 13.0. The Labute approximate surface area is 147 Å². The molecule has 3 unspecified atom stereocenters. The SMILES string of the molecule is O=C(c1ccc(-c2ncn[nH]2)cc1)N1CCCC1C1CCCCC1O. The van der Waals surface area contributed by atoms with Crippen LogP contribution < -0.4 is 0 Å². The van der Waals surface area contributed by atoms with Crippen molar-refractivity contribution in [3.63, 3.8) is 0 Å². The van der Waals surface area contributed by atoms with Crippen molar-refractivity contribution in [2.24, 2.45) is 5.92 Å². The zero-order valence-electron chi connectivity index (χ0n) is 14.3. The molecule has 0 spiro atoms. The highest BCUT2D eigenvalue weighted by atomic mass is 16.3. The largest absolute Gasteiger partial charge is 0.393 e. The Kier molecular flexibility index (Phi) is 4.53. The number of aromatic amines is 1. The summed E-state index contributed by atoms with van der Waals surface area (Å²) >= 11 is 0. The fourth-order valence-corrected chi connectivity index (χ4v) is 4.36. The first-order valence-electron chi connectivity index (χ1n) is 9.19. The van der Waals surface area contributed by atoms with Gasteiger partial charge in [0.25, 0.3) is 5.91 Å². The number of rotatable bonds is 3. The van der Waals surface area contributed by atoms with Crippen LogP contribution in [0.1, 0.15) is 48.9 Å². The summed E-state index contributed by atoms with van der Waals surface area (Å²) in [6.45, 7) is 0.788. The molecule has 0 radical (unpaired) electrons. The lowest BCUT2D eigenvalue weighted by molar-refractivity contribution is 0.0211. The highest BCUT2D eigenvalue weighted by molar-refractivity contribution is 5.95. The number of nitrogens with zero attached hydrogens (tertiary/aromatic N) is 3. The lowest BCUT2D eigenvalue weighted by atomic mass is 9.80. The van der Waals surface area contributed by atoms with Gasteiger partial charge in [0.2, 0.25) is 0 Å². The summed E-state index contributed by atoms with van der Waals surface area (Å²) in [4.78, 5) is 19.1. The number of hydrogen-bond donors (Lipinski definition) is 2. The van der Waals surface area contributed by atoms with Crippen LogP contribution in [0.3, 0.4) is 0 Å². The average Bonchev–Trinajstić information content (AvgIpc) is 3.34. The average molecular weight is 340 g/mol. The van der Waals surface area contributed by atoms with E-state index < -0.39 is 0 Å². The topological polar surface area (TPSA) is 82.1 Å². The Morgan fingerprint density at radius 3 is 2.64 bits per heavy atom. The van der Waals surface area contributed by atoms with Crippen LogP contribution in [0.15, 0.2) is 30.6 Å². The van der Waals surface area contributed by atoms with Crippen molar-refractivity contribution < 1.29 is 9.90 Å². The maximum Gasteiger partial charge on any atom is 0.254 e. The van der Waals surface area contributed by atoms with E-state index in [1.165, 1.54) is 6.33 Å². The van der Waals surface area contributed by atoms with Gasteiger partial charge in [0.1, 0.15) is 6.33 Å². The molecule has 1 saturated heterocycles. The minimum atomic E-state index is -0.263. The molecule has 1 saturated carbocycles. The predicted molar refractivity (Wildman–Crippen MR) is 93.8 cm³/mol. The molecule has 2 aliphatic rings. The molecule has 1 aromatic carbocycles. The molecule has 3 atom stereocenters. The van der Waals surface area contributed by atoms with Crippen LogP contribution in [0.25, 0.3) is 11.4 Å². The van der Waals surface area contributed by atoms with Crippen molar-refractivity contribution in [2.45, 2.75) is 50.7 Å². The second kappa shape index (κ2) is 6.96. The van der Waals surface area contributed by atoms with E-state index in [4.69, 9.17) is 0 Å². The Bertz CT molecular complexity index is 714. The van der Waals surface area contributed by atoms with Gasteiger partial charge in [-0.25, -0.2) is 4.98 Å². The molecular weight excluding hydrogens is 316 g/mol. The van der Waals surface area contributed by atoms with Crippen LogP contribution in [0.5, 0.6) is 0 Å². The molecule has 1 aromatic heterocycles. The first-order valence-corrected chi connectivity index (χ1v) is 9.19. The number of aliphatic hydroxyl groups excluding tert-OH is 1. The smallest absolute Gasteiger partial charge is 0.254 e. The lowest BCUT2D eigenvalue weighted by Crippen LogP contribution is -2.45. The number of likely N-dealkylation sites (tertiary alicyclic amines) is 1. The molecule has 2 N–H and O–H groups in total. The van der Waals surface area contributed by atoms with Gasteiger partial charge in [-0.2, -0.15) is 5.10 Å². The second-order valence-electron chi connectivity index (χ2n) is 7.14. The van der Waals surface area contributed by atoms with Gasteiger partial charge >= 0.3 is 0 Å². The van der Waals surface area contributed by atoms with E-state index in [1.54, 1.807) is 0 Å². The van der Waals surface area contributed by atoms with Crippen LogP contribution in [0, 0.1) is 5.92 Å². The Balaban J connectivity index is 1.51. The molecule has 132 valence electrons. The monoisotopic (exact) mass is 340 g/mol. The van der Waals surface area contributed by atoms with Crippen molar-refractivity contribution in [1.82, 2.24) is 20.1 Å². The molecule has 2 heterocycles. The van der Waals surface area contributed by atoms with Gasteiger partial charge in [-0.1, -0.05) is 25.0 Å². The number of amides is 1. The molecule has 6 heteroatoms. The van der Waals surface area contributed by atoms with Crippen LogP contribution in [-0.4, -0.2) is 49.8 Å². The first-order chi connectivity index (χ1) is 12.2. The van der Waals surface area contributed by atoms with Crippen molar-refractivity contribution in [1.29, 1.82) is 0 Å². The standard InChI is InChI=1S/C19H24N4O2/c24-17-6-2-1-4-15(17)16-5-3-11-23(16)19(25)14-9-7-13(8-10-14)18-20-12-21-22-18/h7-10,12,15-17,24H,1-6,11H2,(H,20,21,22). The van der Waals surface area contributed by atoms with E-state index >= 15 is 0 Å². The van der Waals surface area contributed by atoms with Gasteiger partial charge < -0.3 is 10.0 Å². The van der Waals surface area contributed by atoms with Crippen molar-refractivity contribution in [3.8, 4) is 11.4 Å². The third kappa shape index (κ3) is 3.18. The minimum Gasteiger partial charge on any atom is -0.393 e. The van der Waals surface area contributed by atoms with E-state index in [1.807, 2.05) is 29.2 Å². The van der Waals surface area contributed by atoms with E-state index in [9.17, 15) is 9.90 Å². The fourth-order valence-electron chi connectivity index (χ4n) is 4.36. The van der Waals surface area contributed by atoms with Crippen LogP contribution in [0.2, 0.25) is 0 Å². The molecule has 1 aliphatic heterocycles. The molecule has 1 amide bonds. The normalized spacial score (nSPS) is 26.8. The Morgan fingerprint density at radius 2 is 1.92 bits per heavy atom. The van der Waals surface area contributed by atoms with E-state index in [0.29, 0.717) is 11.4 Å². The van der Waals surface area contributed by atoms with Gasteiger partial charge in [0.15, 0.2) is 5.82 Å². The summed E-state index contributed by atoms with van der Waals surface area (Å²) in [6.07, 6.45) is 7.39. The molecule has 2 aromatic rings. The highest BCUT2D eigenvalue weighted by Crippen LogP contribution is 2.35. The van der Waals surface area contributed by atoms with E-state index in [0.717, 1.165) is 50.6 Å². The van der Waals surface area contributed by atoms with Crippen LogP contribution in [-0.2, 0) is 0 Å². The number of aliphatic hydroxyl groups is 1. The van der Waals surface area contributed by atoms with Gasteiger partial charge in [-0.15, -0.1) is 0 Å². The van der Waals surface area contributed by atoms with Gasteiger partial charge in [0.05, 0.1) is 6.10 Å². The first kappa shape index (κ1) is 16.3. The number of aromatic nitrogens is 3. The molecule has 6 nitrogen and oxygen atoms in total. The molecule has 2 fully saturated rings. The Hall–Kier alpha value is -2.21. The number of H-pyrrole nitrogens is 1. The van der Waals surface area contributed by atoms with Crippen molar-refractivity contribution in [2.75, 3.05) is 6.54 Å². The lowest BCUT2D eigenvalue weighted by Gasteiger charge is -2.37. The van der Waals surface area contributed by atoms with Crippen molar-refractivity contribution >= 4 is 5.91 Å². The zero-order valence-corrected chi connectivity index (χ0v) is 14.3. The quantitative estimate of drug-likeness (QED) is 0.900. The fraction of sp³-hybridized carbons (Fsp3) is 0.526. The summed E-state index contributed by atoms with van der Waals surface area (Å²) in [5, 5.41) is 17.1. The number of benzene rings is 1. The summed E-state index contributed by atoms with van der Waals surface area (Å²) in [7, 11) is 0. The number of nitrogens with one attached hydrogen (secondary N) is 1. The molecule has 25 heavy (non-hydrogen) atoms. The van der Waals surface area contributed by atoms with Gasteiger partial charge in [-0.3, -0.25) is 9.89 Å². The van der Waals surface area contributed by atoms with Gasteiger partial charge in [-0.05, 0) is 37.8 Å². The molecule has 4 rings (SSSR count). The number of carbonyl (C=O) groups excluding carboxylic acids is 1. The molecular formula is C19H24N4O2. The highest BCUT2D eigenvalue weighted by Gasteiger charge is 2.39. The van der Waals surface area contributed by atoms with Gasteiger partial charge in [0, 0.05) is 29.6 Å². The summed E-state index contributed by atoms with van der Waals surface area (Å²) in [5.41, 5.74) is 1.61. The number of carbonyl (C=O) groups is 1. The molecule has 0 bridgehead atoms. The van der Waals surface area contributed by atoms with Crippen LogP contribution in [0.4, 0.5) is 0 Å². The summed E-state index contributed by atoms with van der Waals surface area (Å²) in [6, 6.07) is 7.68. The zero-order chi connectivity index (χ0) is 17.2. The van der Waals surface area contributed by atoms with E-state index in [2.05, 4.69) is 15.2 Å². The molecule has 1 aliphatic carbocycles. The van der Waals surface area contributed by atoms with Crippen LogP contribution >= 0.6 is 0 Å².